The van der Waals surface area contributed by atoms with Crippen molar-refractivity contribution in [3.8, 4) is 0 Å². The smallest absolute Gasteiger partial charge is 0.0205 e. The highest BCUT2D eigenvalue weighted by molar-refractivity contribution is 9.10. The van der Waals surface area contributed by atoms with Gasteiger partial charge in [0.2, 0.25) is 0 Å². The van der Waals surface area contributed by atoms with Gasteiger partial charge in [-0.15, -0.1) is 0 Å². The fraction of sp³-hybridized carbons (Fsp3) is 0.200. The number of aryl methyl sites for hydroxylation is 1. The molecule has 18 heavy (non-hydrogen) atoms. The van der Waals surface area contributed by atoms with Crippen LogP contribution < -0.4 is 5.32 Å². The first-order valence-electron chi connectivity index (χ1n) is 5.86. The molecule has 2 aromatic carbocycles. The summed E-state index contributed by atoms with van der Waals surface area (Å²) >= 11 is 5.25. The Morgan fingerprint density at radius 2 is 1.72 bits per heavy atom. The average molecular weight is 322 g/mol. The van der Waals surface area contributed by atoms with Crippen molar-refractivity contribution in [1.29, 1.82) is 0 Å². The fourth-order valence-corrected chi connectivity index (χ4v) is 2.94. The number of hydrogen-bond acceptors (Lipinski definition) is 2. The highest BCUT2D eigenvalue weighted by Gasteiger charge is 2.01. The van der Waals surface area contributed by atoms with Crippen molar-refractivity contribution in [2.24, 2.45) is 0 Å². The third kappa shape index (κ3) is 3.61. The molecule has 0 saturated carbocycles. The van der Waals surface area contributed by atoms with Crippen LogP contribution in [0.3, 0.4) is 0 Å². The van der Waals surface area contributed by atoms with Crippen molar-refractivity contribution >= 4 is 27.7 Å². The normalized spacial score (nSPS) is 10.6. The van der Waals surface area contributed by atoms with Crippen LogP contribution in [0.1, 0.15) is 11.1 Å². The van der Waals surface area contributed by atoms with Gasteiger partial charge in [0.1, 0.15) is 0 Å². The van der Waals surface area contributed by atoms with Crippen molar-refractivity contribution in [2.75, 3.05) is 7.05 Å². The third-order valence-corrected chi connectivity index (χ3v) is 4.26. The van der Waals surface area contributed by atoms with E-state index < -0.39 is 0 Å². The second kappa shape index (κ2) is 6.41. The lowest BCUT2D eigenvalue weighted by molar-refractivity contribution is 0.811. The van der Waals surface area contributed by atoms with Gasteiger partial charge in [-0.25, -0.2) is 0 Å². The molecular weight excluding hydrogens is 306 g/mol. The molecule has 0 heterocycles. The summed E-state index contributed by atoms with van der Waals surface area (Å²) in [7, 11) is 1.98. The monoisotopic (exact) mass is 321 g/mol. The number of hydrogen-bond donors (Lipinski definition) is 1. The van der Waals surface area contributed by atoms with Gasteiger partial charge in [0, 0.05) is 20.8 Å². The molecule has 1 nitrogen and oxygen atoms in total. The minimum atomic E-state index is 0.926. The zero-order valence-electron chi connectivity index (χ0n) is 10.5. The number of rotatable bonds is 4. The zero-order chi connectivity index (χ0) is 13.0. The fourth-order valence-electron chi connectivity index (χ4n) is 1.76. The Bertz CT molecular complexity index is 523. The van der Waals surface area contributed by atoms with Gasteiger partial charge in [-0.1, -0.05) is 33.8 Å². The quantitative estimate of drug-likeness (QED) is 0.881. The van der Waals surface area contributed by atoms with Gasteiger partial charge in [0.25, 0.3) is 0 Å². The summed E-state index contributed by atoms with van der Waals surface area (Å²) in [6.07, 6.45) is 0. The van der Waals surface area contributed by atoms with E-state index >= 15 is 0 Å². The van der Waals surface area contributed by atoms with E-state index in [2.05, 4.69) is 70.6 Å². The van der Waals surface area contributed by atoms with E-state index in [1.54, 1.807) is 11.8 Å². The summed E-state index contributed by atoms with van der Waals surface area (Å²) in [5.74, 6) is 0. The van der Waals surface area contributed by atoms with Crippen molar-refractivity contribution in [1.82, 2.24) is 5.32 Å². The maximum atomic E-state index is 3.45. The molecule has 0 aliphatic heterocycles. The van der Waals surface area contributed by atoms with Crippen molar-refractivity contribution in [2.45, 2.75) is 23.3 Å². The molecule has 2 rings (SSSR count). The second-order valence-corrected chi connectivity index (χ2v) is 6.24. The van der Waals surface area contributed by atoms with Gasteiger partial charge < -0.3 is 5.32 Å². The highest BCUT2D eigenvalue weighted by atomic mass is 79.9. The van der Waals surface area contributed by atoms with Crippen LogP contribution in [0.25, 0.3) is 0 Å². The maximum Gasteiger partial charge on any atom is 0.0205 e. The number of halogens is 1. The van der Waals surface area contributed by atoms with Crippen LogP contribution in [-0.2, 0) is 6.54 Å². The Labute approximate surface area is 121 Å². The van der Waals surface area contributed by atoms with E-state index in [0.717, 1.165) is 11.0 Å². The van der Waals surface area contributed by atoms with Gasteiger partial charge in [-0.2, -0.15) is 0 Å². The zero-order valence-corrected chi connectivity index (χ0v) is 12.9. The van der Waals surface area contributed by atoms with Gasteiger partial charge in [-0.3, -0.25) is 0 Å². The molecule has 2 aromatic rings. The van der Waals surface area contributed by atoms with Gasteiger partial charge in [0.15, 0.2) is 0 Å². The lowest BCUT2D eigenvalue weighted by Gasteiger charge is -2.08. The maximum absolute atomic E-state index is 3.45. The summed E-state index contributed by atoms with van der Waals surface area (Å²) < 4.78 is 1.12. The molecule has 0 aliphatic rings. The van der Waals surface area contributed by atoms with E-state index in [1.165, 1.54) is 20.9 Å². The molecule has 0 spiro atoms. The van der Waals surface area contributed by atoms with E-state index in [9.17, 15) is 0 Å². The SMILES string of the molecule is CNCc1ccc(Sc2ccc(Br)cc2)cc1C. The van der Waals surface area contributed by atoms with Gasteiger partial charge in [0.05, 0.1) is 0 Å². The molecule has 0 radical (unpaired) electrons. The van der Waals surface area contributed by atoms with E-state index in [1.807, 2.05) is 7.05 Å². The first-order valence-corrected chi connectivity index (χ1v) is 7.47. The van der Waals surface area contributed by atoms with Crippen LogP contribution in [0, 0.1) is 6.92 Å². The van der Waals surface area contributed by atoms with Crippen LogP contribution in [0.4, 0.5) is 0 Å². The third-order valence-electron chi connectivity index (χ3n) is 2.73. The molecule has 0 aromatic heterocycles. The van der Waals surface area contributed by atoms with Crippen LogP contribution in [-0.4, -0.2) is 7.05 Å². The Morgan fingerprint density at radius 3 is 2.33 bits per heavy atom. The van der Waals surface area contributed by atoms with Gasteiger partial charge in [-0.05, 0) is 61.5 Å². The minimum Gasteiger partial charge on any atom is -0.316 e. The molecule has 0 bridgehead atoms. The topological polar surface area (TPSA) is 12.0 Å². The molecule has 94 valence electrons. The molecule has 1 N–H and O–H groups in total. The Hall–Kier alpha value is -0.770. The first kappa shape index (κ1) is 13.7. The molecule has 3 heteroatoms. The molecule has 0 atom stereocenters. The Kier molecular flexibility index (Phi) is 4.87. The van der Waals surface area contributed by atoms with Crippen molar-refractivity contribution < 1.29 is 0 Å². The molecule has 0 fully saturated rings. The van der Waals surface area contributed by atoms with Gasteiger partial charge >= 0.3 is 0 Å². The van der Waals surface area contributed by atoms with Crippen molar-refractivity contribution in [3.63, 3.8) is 0 Å². The predicted octanol–water partition coefficient (Wildman–Crippen LogP) is 4.63. The van der Waals surface area contributed by atoms with E-state index in [-0.39, 0.29) is 0 Å². The Balaban J connectivity index is 2.14. The largest absolute Gasteiger partial charge is 0.316 e. The lowest BCUT2D eigenvalue weighted by atomic mass is 10.1. The molecule has 0 amide bonds. The summed E-state index contributed by atoms with van der Waals surface area (Å²) in [6, 6.07) is 15.0. The van der Waals surface area contributed by atoms with Crippen LogP contribution in [0.2, 0.25) is 0 Å². The molecule has 0 aliphatic carbocycles. The highest BCUT2D eigenvalue weighted by Crippen LogP contribution is 2.29. The van der Waals surface area contributed by atoms with Crippen LogP contribution in [0.5, 0.6) is 0 Å². The first-order chi connectivity index (χ1) is 8.69. The summed E-state index contributed by atoms with van der Waals surface area (Å²) in [5.41, 5.74) is 2.70. The summed E-state index contributed by atoms with van der Waals surface area (Å²) in [5, 5.41) is 3.19. The van der Waals surface area contributed by atoms with Crippen molar-refractivity contribution in [3.05, 3.63) is 58.1 Å². The van der Waals surface area contributed by atoms with Crippen LogP contribution >= 0.6 is 27.7 Å². The predicted molar refractivity (Wildman–Crippen MR) is 82.2 cm³/mol. The average Bonchev–Trinajstić information content (AvgIpc) is 2.36. The number of nitrogens with one attached hydrogen (secondary N) is 1. The summed E-state index contributed by atoms with van der Waals surface area (Å²) in [6.45, 7) is 3.09. The van der Waals surface area contributed by atoms with E-state index in [4.69, 9.17) is 0 Å². The number of benzene rings is 2. The molecule has 0 saturated heterocycles. The standard InChI is InChI=1S/C15H16BrNS/c1-11-9-15(6-3-12(11)10-17-2)18-14-7-4-13(16)5-8-14/h3-9,17H,10H2,1-2H3. The summed E-state index contributed by atoms with van der Waals surface area (Å²) in [4.78, 5) is 2.55. The molecular formula is C15H16BrNS. The Morgan fingerprint density at radius 1 is 1.06 bits per heavy atom. The minimum absolute atomic E-state index is 0.926. The molecule has 0 unspecified atom stereocenters. The van der Waals surface area contributed by atoms with E-state index in [0.29, 0.717) is 0 Å². The lowest BCUT2D eigenvalue weighted by Crippen LogP contribution is -2.06. The second-order valence-electron chi connectivity index (χ2n) is 4.17. The van der Waals surface area contributed by atoms with Crippen LogP contribution in [0.15, 0.2) is 56.7 Å².